The minimum Gasteiger partial charge on any atom is -0.381 e. The van der Waals surface area contributed by atoms with Crippen LogP contribution in [0.5, 0.6) is 0 Å². The molecule has 3 rings (SSSR count). The van der Waals surface area contributed by atoms with Crippen molar-refractivity contribution >= 4 is 5.91 Å². The van der Waals surface area contributed by atoms with Crippen molar-refractivity contribution in [3.05, 3.63) is 71.5 Å². The highest BCUT2D eigenvalue weighted by Crippen LogP contribution is 2.34. The number of benzene rings is 2. The summed E-state index contributed by atoms with van der Waals surface area (Å²) in [7, 11) is 0. The first-order valence-electron chi connectivity index (χ1n) is 8.91. The summed E-state index contributed by atoms with van der Waals surface area (Å²) in [5.41, 5.74) is 6.71. The monoisotopic (exact) mass is 356 g/mol. The molecule has 0 aliphatic carbocycles. The maximum absolute atomic E-state index is 13.3. The molecular formula is C21H25FN2O2. The quantitative estimate of drug-likeness (QED) is 0.866. The van der Waals surface area contributed by atoms with Crippen LogP contribution in [0.2, 0.25) is 0 Å². The molecule has 0 bridgehead atoms. The molecule has 0 radical (unpaired) electrons. The van der Waals surface area contributed by atoms with Crippen LogP contribution in [0.15, 0.2) is 54.6 Å². The highest BCUT2D eigenvalue weighted by molar-refractivity contribution is 5.87. The van der Waals surface area contributed by atoms with Gasteiger partial charge in [-0.25, -0.2) is 4.39 Å². The second-order valence-corrected chi connectivity index (χ2v) is 7.15. The number of hydrogen-bond acceptors (Lipinski definition) is 3. The molecular weight excluding hydrogens is 331 g/mol. The summed E-state index contributed by atoms with van der Waals surface area (Å²) < 4.78 is 18.8. The van der Waals surface area contributed by atoms with Gasteiger partial charge in [0.05, 0.1) is 0 Å². The van der Waals surface area contributed by atoms with Gasteiger partial charge in [0.2, 0.25) is 5.91 Å². The number of rotatable bonds is 5. The molecule has 26 heavy (non-hydrogen) atoms. The standard InChI is InChI=1S/C21H25FN2O2/c1-20(23,16-5-3-2-4-6-16)19(25)24-15-21(11-13-26-14-12-21)17-7-9-18(22)10-8-17/h2-10H,11-15,23H2,1H3,(H,24,25). The molecule has 0 aromatic heterocycles. The van der Waals surface area contributed by atoms with Gasteiger partial charge < -0.3 is 15.8 Å². The Morgan fingerprint density at radius 2 is 1.77 bits per heavy atom. The molecule has 4 nitrogen and oxygen atoms in total. The first-order chi connectivity index (χ1) is 12.4. The van der Waals surface area contributed by atoms with Crippen molar-refractivity contribution in [1.29, 1.82) is 0 Å². The van der Waals surface area contributed by atoms with E-state index in [9.17, 15) is 9.18 Å². The molecule has 0 spiro atoms. The number of nitrogens with one attached hydrogen (secondary N) is 1. The number of amides is 1. The summed E-state index contributed by atoms with van der Waals surface area (Å²) in [6.07, 6.45) is 1.54. The topological polar surface area (TPSA) is 64.4 Å². The van der Waals surface area contributed by atoms with Crippen molar-refractivity contribution in [3.8, 4) is 0 Å². The largest absolute Gasteiger partial charge is 0.381 e. The Kier molecular flexibility index (Phi) is 5.39. The molecule has 1 atom stereocenters. The zero-order valence-corrected chi connectivity index (χ0v) is 15.0. The Morgan fingerprint density at radius 3 is 2.38 bits per heavy atom. The average Bonchev–Trinajstić information content (AvgIpc) is 2.68. The molecule has 1 amide bonds. The van der Waals surface area contributed by atoms with Crippen molar-refractivity contribution in [3.63, 3.8) is 0 Å². The van der Waals surface area contributed by atoms with Gasteiger partial charge in [-0.05, 0) is 43.0 Å². The molecule has 1 fully saturated rings. The zero-order chi connectivity index (χ0) is 18.6. The van der Waals surface area contributed by atoms with Crippen LogP contribution in [0.4, 0.5) is 4.39 Å². The van der Waals surface area contributed by atoms with E-state index >= 15 is 0 Å². The summed E-state index contributed by atoms with van der Waals surface area (Å²) in [5.74, 6) is -0.490. The summed E-state index contributed by atoms with van der Waals surface area (Å²) in [5, 5.41) is 3.03. The fourth-order valence-electron chi connectivity index (χ4n) is 3.48. The van der Waals surface area contributed by atoms with Crippen molar-refractivity contribution in [2.45, 2.75) is 30.7 Å². The van der Waals surface area contributed by atoms with Crippen LogP contribution in [-0.4, -0.2) is 25.7 Å². The van der Waals surface area contributed by atoms with E-state index in [4.69, 9.17) is 10.5 Å². The van der Waals surface area contributed by atoms with Crippen molar-refractivity contribution in [2.24, 2.45) is 5.73 Å². The number of nitrogens with two attached hydrogens (primary N) is 1. The van der Waals surface area contributed by atoms with E-state index in [2.05, 4.69) is 5.32 Å². The lowest BCUT2D eigenvalue weighted by Crippen LogP contribution is -2.53. The van der Waals surface area contributed by atoms with Gasteiger partial charge in [0.1, 0.15) is 11.4 Å². The summed E-state index contributed by atoms with van der Waals surface area (Å²) >= 11 is 0. The molecule has 2 aromatic rings. The number of carbonyl (C=O) groups is 1. The fourth-order valence-corrected chi connectivity index (χ4v) is 3.48. The molecule has 138 valence electrons. The van der Waals surface area contributed by atoms with Crippen LogP contribution in [0.3, 0.4) is 0 Å². The number of ether oxygens (including phenoxy) is 1. The third-order valence-corrected chi connectivity index (χ3v) is 5.34. The third-order valence-electron chi connectivity index (χ3n) is 5.34. The molecule has 2 aromatic carbocycles. The average molecular weight is 356 g/mol. The number of halogens is 1. The zero-order valence-electron chi connectivity index (χ0n) is 15.0. The number of carbonyl (C=O) groups excluding carboxylic acids is 1. The van der Waals surface area contributed by atoms with E-state index in [0.29, 0.717) is 19.8 Å². The molecule has 0 saturated carbocycles. The van der Waals surface area contributed by atoms with Crippen molar-refractivity contribution in [1.82, 2.24) is 5.32 Å². The van der Waals surface area contributed by atoms with Gasteiger partial charge in [0.25, 0.3) is 0 Å². The Bertz CT molecular complexity index is 738. The van der Waals surface area contributed by atoms with Crippen molar-refractivity contribution < 1.29 is 13.9 Å². The van der Waals surface area contributed by atoms with Gasteiger partial charge in [-0.3, -0.25) is 4.79 Å². The van der Waals surface area contributed by atoms with E-state index in [0.717, 1.165) is 24.0 Å². The van der Waals surface area contributed by atoms with Gasteiger partial charge in [-0.2, -0.15) is 0 Å². The second-order valence-electron chi connectivity index (χ2n) is 7.15. The van der Waals surface area contributed by atoms with Gasteiger partial charge in [-0.15, -0.1) is 0 Å². The Balaban J connectivity index is 1.78. The predicted molar refractivity (Wildman–Crippen MR) is 99.1 cm³/mol. The van der Waals surface area contributed by atoms with Crippen LogP contribution in [-0.2, 0) is 20.5 Å². The molecule has 1 saturated heterocycles. The molecule has 1 heterocycles. The fraction of sp³-hybridized carbons (Fsp3) is 0.381. The van der Waals surface area contributed by atoms with Crippen LogP contribution in [0.1, 0.15) is 30.9 Å². The van der Waals surface area contributed by atoms with Crippen LogP contribution in [0.25, 0.3) is 0 Å². The highest BCUT2D eigenvalue weighted by atomic mass is 19.1. The van der Waals surface area contributed by atoms with Crippen LogP contribution in [0, 0.1) is 5.82 Å². The lowest BCUT2D eigenvalue weighted by Gasteiger charge is -2.38. The van der Waals surface area contributed by atoms with Crippen molar-refractivity contribution in [2.75, 3.05) is 19.8 Å². The Morgan fingerprint density at radius 1 is 1.15 bits per heavy atom. The molecule has 5 heteroatoms. The Labute approximate surface area is 153 Å². The van der Waals surface area contributed by atoms with E-state index in [1.54, 1.807) is 19.1 Å². The predicted octanol–water partition coefficient (Wildman–Crippen LogP) is 2.86. The van der Waals surface area contributed by atoms with E-state index in [1.807, 2.05) is 30.3 Å². The van der Waals surface area contributed by atoms with E-state index < -0.39 is 5.54 Å². The SMILES string of the molecule is CC(N)(C(=O)NCC1(c2ccc(F)cc2)CCOCC1)c1ccccc1. The first kappa shape index (κ1) is 18.5. The van der Waals surface area contributed by atoms with Crippen LogP contribution >= 0.6 is 0 Å². The minimum absolute atomic E-state index is 0.225. The lowest BCUT2D eigenvalue weighted by atomic mass is 9.74. The Hall–Kier alpha value is -2.24. The maximum Gasteiger partial charge on any atom is 0.244 e. The summed E-state index contributed by atoms with van der Waals surface area (Å²) in [6, 6.07) is 15.9. The van der Waals surface area contributed by atoms with Gasteiger partial charge >= 0.3 is 0 Å². The highest BCUT2D eigenvalue weighted by Gasteiger charge is 2.37. The molecule has 1 aliphatic heterocycles. The normalized spacial score (nSPS) is 18.7. The van der Waals surface area contributed by atoms with Gasteiger partial charge in [0.15, 0.2) is 0 Å². The summed E-state index contributed by atoms with van der Waals surface area (Å²) in [4.78, 5) is 12.8. The van der Waals surface area contributed by atoms with Gasteiger partial charge in [0, 0.05) is 25.2 Å². The van der Waals surface area contributed by atoms with E-state index in [1.165, 1.54) is 12.1 Å². The van der Waals surface area contributed by atoms with Gasteiger partial charge in [-0.1, -0.05) is 42.5 Å². The second kappa shape index (κ2) is 7.56. The first-order valence-corrected chi connectivity index (χ1v) is 8.91. The number of hydrogen-bond donors (Lipinski definition) is 2. The third kappa shape index (κ3) is 3.79. The smallest absolute Gasteiger partial charge is 0.244 e. The summed E-state index contributed by atoms with van der Waals surface area (Å²) in [6.45, 7) is 3.39. The molecule has 1 aliphatic rings. The molecule has 1 unspecified atom stereocenters. The van der Waals surface area contributed by atoms with Crippen LogP contribution < -0.4 is 11.1 Å². The minimum atomic E-state index is -1.11. The van der Waals surface area contributed by atoms with E-state index in [-0.39, 0.29) is 17.1 Å². The lowest BCUT2D eigenvalue weighted by molar-refractivity contribution is -0.126. The maximum atomic E-state index is 13.3. The molecule has 3 N–H and O–H groups in total.